The van der Waals surface area contributed by atoms with Gasteiger partial charge in [-0.1, -0.05) is 29.3 Å². The third-order valence-corrected chi connectivity index (χ3v) is 9.61. The number of halogens is 3. The Kier molecular flexibility index (Phi) is 7.28. The molecule has 1 N–H and O–H groups in total. The fourth-order valence-electron chi connectivity index (χ4n) is 6.86. The largest absolute Gasteiger partial charge is 0.478 e. The Bertz CT molecular complexity index is 2020. The fraction of sp³-hybridized carbons (Fsp3) is 0.303. The molecule has 0 spiro atoms. The molecule has 3 aliphatic heterocycles. The number of aromatic nitrogens is 3. The fourth-order valence-corrected chi connectivity index (χ4v) is 7.27. The first-order valence-electron chi connectivity index (χ1n) is 15.0. The van der Waals surface area contributed by atoms with Crippen LogP contribution in [0.1, 0.15) is 34.4 Å². The van der Waals surface area contributed by atoms with Gasteiger partial charge in [-0.15, -0.1) is 0 Å². The third-order valence-electron chi connectivity index (χ3n) is 9.09. The van der Waals surface area contributed by atoms with E-state index < -0.39 is 17.6 Å². The van der Waals surface area contributed by atoms with E-state index in [1.54, 1.807) is 31.4 Å². The van der Waals surface area contributed by atoms with Crippen molar-refractivity contribution < 1.29 is 32.9 Å². The van der Waals surface area contributed by atoms with Gasteiger partial charge in [-0.05, 0) is 42.5 Å². The summed E-state index contributed by atoms with van der Waals surface area (Å²) in [6, 6.07) is 13.1. The highest BCUT2D eigenvalue weighted by atomic mass is 35.5. The number of rotatable bonds is 7. The molecule has 242 valence electrons. The zero-order chi connectivity index (χ0) is 32.4. The number of piperazine rings is 1. The van der Waals surface area contributed by atoms with Gasteiger partial charge < -0.3 is 33.2 Å². The van der Waals surface area contributed by atoms with E-state index in [2.05, 4.69) is 14.8 Å². The molecule has 8 rings (SSSR count). The van der Waals surface area contributed by atoms with Crippen LogP contribution in [0.2, 0.25) is 10.0 Å². The minimum atomic E-state index is -1.37. The van der Waals surface area contributed by atoms with E-state index in [0.717, 1.165) is 5.69 Å². The van der Waals surface area contributed by atoms with Crippen molar-refractivity contribution in [2.24, 2.45) is 0 Å². The Balaban J connectivity index is 1.09. The summed E-state index contributed by atoms with van der Waals surface area (Å²) in [6.07, 6.45) is 2.90. The lowest BCUT2D eigenvalue weighted by Crippen LogP contribution is -2.59. The van der Waals surface area contributed by atoms with Crippen LogP contribution in [0.4, 0.5) is 10.1 Å². The summed E-state index contributed by atoms with van der Waals surface area (Å²) in [6.45, 7) is 4.80. The summed E-state index contributed by atoms with van der Waals surface area (Å²) in [5.74, 6) is -1.18. The molecule has 3 atom stereocenters. The molecule has 0 bridgehead atoms. The third kappa shape index (κ3) is 5.16. The number of fused-ring (bicyclic) bond motifs is 3. The summed E-state index contributed by atoms with van der Waals surface area (Å²) in [5, 5.41) is 10.2. The van der Waals surface area contributed by atoms with E-state index in [1.807, 2.05) is 22.8 Å². The van der Waals surface area contributed by atoms with Crippen molar-refractivity contribution in [3.63, 3.8) is 0 Å². The standard InChI is InChI=1S/C33H28Cl2FN5O6/c1-33(21-6-5-19(34)11-23(21)36)46-28-4-2-3-24(31(28)47-33)40-8-7-39(26-15-44-16-27(26)40)13-29-38-30-22(35)9-18(32(42)43)10-25(30)41(29)12-20-14-45-17-37-20/h2-6,9-11,14,17,26-27H,7-8,12-13,15-16H2,1H3,(H,42,43)/t26-,27+,33+/m1/s1. The molecule has 2 saturated heterocycles. The van der Waals surface area contributed by atoms with E-state index in [0.29, 0.717) is 73.4 Å². The lowest BCUT2D eigenvalue weighted by Gasteiger charge is -2.44. The zero-order valence-corrected chi connectivity index (χ0v) is 26.5. The monoisotopic (exact) mass is 679 g/mol. The first kappa shape index (κ1) is 30.0. The highest BCUT2D eigenvalue weighted by Gasteiger charge is 2.46. The van der Waals surface area contributed by atoms with Crippen molar-refractivity contribution in [2.75, 3.05) is 31.2 Å². The maximum absolute atomic E-state index is 15.0. The Morgan fingerprint density at radius 2 is 1.94 bits per heavy atom. The van der Waals surface area contributed by atoms with Crippen LogP contribution in [0.3, 0.4) is 0 Å². The van der Waals surface area contributed by atoms with Gasteiger partial charge in [-0.25, -0.2) is 19.2 Å². The Hall–Kier alpha value is -4.36. The highest BCUT2D eigenvalue weighted by molar-refractivity contribution is 6.35. The van der Waals surface area contributed by atoms with Crippen LogP contribution < -0.4 is 14.4 Å². The second kappa shape index (κ2) is 11.4. The molecule has 0 amide bonds. The van der Waals surface area contributed by atoms with Gasteiger partial charge in [0.05, 0.1) is 71.4 Å². The molecule has 11 nitrogen and oxygen atoms in total. The quantitative estimate of drug-likeness (QED) is 0.221. The summed E-state index contributed by atoms with van der Waals surface area (Å²) in [4.78, 5) is 25.6. The van der Waals surface area contributed by atoms with Gasteiger partial charge in [-0.2, -0.15) is 0 Å². The number of carboxylic acids is 1. The molecule has 0 unspecified atom stereocenters. The van der Waals surface area contributed by atoms with E-state index >= 15 is 0 Å². The maximum Gasteiger partial charge on any atom is 0.335 e. The molecule has 2 fully saturated rings. The number of nitrogens with zero attached hydrogens (tertiary/aromatic N) is 5. The lowest BCUT2D eigenvalue weighted by atomic mass is 10.0. The second-order valence-electron chi connectivity index (χ2n) is 11.9. The molecule has 5 aromatic rings. The molecule has 3 aliphatic rings. The Morgan fingerprint density at radius 1 is 1.09 bits per heavy atom. The van der Waals surface area contributed by atoms with Gasteiger partial charge in [0.1, 0.15) is 23.4 Å². The summed E-state index contributed by atoms with van der Waals surface area (Å²) >= 11 is 12.6. The number of aromatic carboxylic acids is 1. The van der Waals surface area contributed by atoms with Gasteiger partial charge in [0.15, 0.2) is 17.9 Å². The number of para-hydroxylation sites is 1. The van der Waals surface area contributed by atoms with E-state index in [1.165, 1.54) is 18.5 Å². The van der Waals surface area contributed by atoms with E-state index in [-0.39, 0.29) is 33.3 Å². The lowest BCUT2D eigenvalue weighted by molar-refractivity contribution is -0.0705. The van der Waals surface area contributed by atoms with Gasteiger partial charge in [0, 0.05) is 25.0 Å². The molecule has 47 heavy (non-hydrogen) atoms. The van der Waals surface area contributed by atoms with Crippen molar-refractivity contribution >= 4 is 45.9 Å². The molecule has 0 saturated carbocycles. The number of imidazole rings is 1. The van der Waals surface area contributed by atoms with Crippen LogP contribution in [-0.4, -0.2) is 68.9 Å². The molecule has 5 heterocycles. The SMILES string of the molecule is C[C@]1(c2ccc(Cl)cc2F)Oc2cccc(N3CCN(Cc4nc5c(Cl)cc(C(=O)O)cc5n4Cc4cocn4)[C@@H]4COC[C@@H]43)c2O1. The predicted octanol–water partition coefficient (Wildman–Crippen LogP) is 5.95. The smallest absolute Gasteiger partial charge is 0.335 e. The number of hydrogen-bond donors (Lipinski definition) is 1. The number of hydrogen-bond acceptors (Lipinski definition) is 9. The van der Waals surface area contributed by atoms with Gasteiger partial charge >= 0.3 is 5.97 Å². The molecule has 2 aromatic heterocycles. The van der Waals surface area contributed by atoms with Crippen molar-refractivity contribution in [3.8, 4) is 11.5 Å². The summed E-state index contributed by atoms with van der Waals surface area (Å²) in [5.41, 5.74) is 2.95. The van der Waals surface area contributed by atoms with Gasteiger partial charge in [-0.3, -0.25) is 4.90 Å². The molecule has 0 aliphatic carbocycles. The number of oxazole rings is 1. The molecule has 0 radical (unpaired) electrons. The summed E-state index contributed by atoms with van der Waals surface area (Å²) < 4.78 is 40.8. The normalized spacial score (nSPS) is 22.3. The van der Waals surface area contributed by atoms with Gasteiger partial charge in [0.2, 0.25) is 0 Å². The van der Waals surface area contributed by atoms with Crippen LogP contribution in [0.25, 0.3) is 11.0 Å². The minimum absolute atomic E-state index is 0.00684. The maximum atomic E-state index is 15.0. The number of anilines is 1. The van der Waals surface area contributed by atoms with Crippen LogP contribution in [0.5, 0.6) is 11.5 Å². The van der Waals surface area contributed by atoms with Crippen molar-refractivity contribution in [3.05, 3.63) is 99.7 Å². The second-order valence-corrected chi connectivity index (χ2v) is 12.8. The average molecular weight is 681 g/mol. The summed E-state index contributed by atoms with van der Waals surface area (Å²) in [7, 11) is 0. The number of carbonyl (C=O) groups is 1. The first-order chi connectivity index (χ1) is 22.7. The molecular formula is C33H28Cl2FN5O6. The zero-order valence-electron chi connectivity index (χ0n) is 25.0. The van der Waals surface area contributed by atoms with Crippen LogP contribution >= 0.6 is 23.2 Å². The van der Waals surface area contributed by atoms with Crippen LogP contribution in [0, 0.1) is 5.82 Å². The van der Waals surface area contributed by atoms with E-state index in [9.17, 15) is 14.3 Å². The number of carboxylic acid groups (broad SMARTS) is 1. The average Bonchev–Trinajstić information content (AvgIpc) is 3.84. The Morgan fingerprint density at radius 3 is 2.72 bits per heavy atom. The van der Waals surface area contributed by atoms with Gasteiger partial charge in [0.25, 0.3) is 5.79 Å². The topological polar surface area (TPSA) is 115 Å². The molecule has 3 aromatic carbocycles. The van der Waals surface area contributed by atoms with Crippen molar-refractivity contribution in [2.45, 2.75) is 37.9 Å². The van der Waals surface area contributed by atoms with Crippen LogP contribution in [-0.2, 0) is 23.6 Å². The molecular weight excluding hydrogens is 652 g/mol. The number of ether oxygens (including phenoxy) is 3. The minimum Gasteiger partial charge on any atom is -0.478 e. The van der Waals surface area contributed by atoms with E-state index in [4.69, 9.17) is 46.8 Å². The van der Waals surface area contributed by atoms with Crippen molar-refractivity contribution in [1.82, 2.24) is 19.4 Å². The van der Waals surface area contributed by atoms with Crippen LogP contribution in [0.15, 0.2) is 65.6 Å². The number of benzene rings is 3. The van der Waals surface area contributed by atoms with Crippen molar-refractivity contribution in [1.29, 1.82) is 0 Å². The molecule has 14 heteroatoms. The predicted molar refractivity (Wildman–Crippen MR) is 170 cm³/mol. The highest BCUT2D eigenvalue weighted by Crippen LogP contribution is 2.51. The first-order valence-corrected chi connectivity index (χ1v) is 15.8. The Labute approximate surface area is 278 Å².